The van der Waals surface area contributed by atoms with Gasteiger partial charge < -0.3 is 5.32 Å². The zero-order chi connectivity index (χ0) is 12.5. The second kappa shape index (κ2) is 4.53. The Bertz CT molecular complexity index is 397. The van der Waals surface area contributed by atoms with Gasteiger partial charge in [0.2, 0.25) is 5.91 Å². The van der Waals surface area contributed by atoms with E-state index >= 15 is 0 Å². The number of aromatic nitrogens is 1. The van der Waals surface area contributed by atoms with E-state index in [4.69, 9.17) is 0 Å². The molecule has 0 bridgehead atoms. The Morgan fingerprint density at radius 2 is 1.82 bits per heavy atom. The van der Waals surface area contributed by atoms with Crippen molar-refractivity contribution in [2.45, 2.75) is 33.6 Å². The number of amides is 1. The fraction of sp³-hybridized carbons (Fsp3) is 0.615. The van der Waals surface area contributed by atoms with E-state index in [1.165, 1.54) is 0 Å². The van der Waals surface area contributed by atoms with Gasteiger partial charge in [-0.1, -0.05) is 6.92 Å². The summed E-state index contributed by atoms with van der Waals surface area (Å²) in [6, 6.07) is 4.03. The van der Waals surface area contributed by atoms with Gasteiger partial charge in [-0.25, -0.2) is 0 Å². The van der Waals surface area contributed by atoms with Crippen molar-refractivity contribution in [1.82, 2.24) is 9.99 Å². The van der Waals surface area contributed by atoms with E-state index < -0.39 is 0 Å². The second-order valence-electron chi connectivity index (χ2n) is 5.20. The molecule has 0 radical (unpaired) electrons. The summed E-state index contributed by atoms with van der Waals surface area (Å²) in [5.74, 6) is 0.126. The van der Waals surface area contributed by atoms with E-state index in [1.54, 1.807) is 0 Å². The zero-order valence-corrected chi connectivity index (χ0v) is 10.8. The van der Waals surface area contributed by atoms with Crippen molar-refractivity contribution in [2.75, 3.05) is 18.5 Å². The molecule has 4 heteroatoms. The van der Waals surface area contributed by atoms with Gasteiger partial charge in [0.1, 0.15) is 0 Å². The van der Waals surface area contributed by atoms with E-state index in [0.717, 1.165) is 37.3 Å². The van der Waals surface area contributed by atoms with Gasteiger partial charge in [-0.05, 0) is 51.9 Å². The molecule has 1 aliphatic heterocycles. The third kappa shape index (κ3) is 2.36. The maximum Gasteiger partial charge on any atom is 0.244 e. The highest BCUT2D eigenvalue weighted by Gasteiger charge is 2.34. The first kappa shape index (κ1) is 12.2. The van der Waals surface area contributed by atoms with Crippen LogP contribution >= 0.6 is 0 Å². The molecule has 4 nitrogen and oxygen atoms in total. The van der Waals surface area contributed by atoms with E-state index in [-0.39, 0.29) is 11.3 Å². The number of nitrogens with one attached hydrogen (secondary N) is 2. The van der Waals surface area contributed by atoms with Crippen LogP contribution in [0.4, 0.5) is 0 Å². The van der Waals surface area contributed by atoms with Crippen molar-refractivity contribution in [1.29, 1.82) is 0 Å². The minimum Gasteiger partial charge on any atom is -0.317 e. The summed E-state index contributed by atoms with van der Waals surface area (Å²) < 4.78 is 1.87. The Morgan fingerprint density at radius 3 is 2.35 bits per heavy atom. The van der Waals surface area contributed by atoms with Crippen molar-refractivity contribution < 1.29 is 4.79 Å². The standard InChI is InChI=1S/C13H21N3O/c1-10-4-5-11(2)16(10)15-12(17)13(3)6-8-14-9-7-13/h4-5,14H,6-9H2,1-3H3,(H,15,17). The molecule has 0 aliphatic carbocycles. The molecule has 0 atom stereocenters. The Balaban J connectivity index is 2.11. The van der Waals surface area contributed by atoms with Crippen LogP contribution in [-0.4, -0.2) is 23.7 Å². The van der Waals surface area contributed by atoms with Crippen LogP contribution < -0.4 is 10.7 Å². The van der Waals surface area contributed by atoms with Gasteiger partial charge in [0.15, 0.2) is 0 Å². The van der Waals surface area contributed by atoms with Gasteiger partial charge in [-0.3, -0.25) is 14.9 Å². The SMILES string of the molecule is Cc1ccc(C)n1NC(=O)C1(C)CCNCC1. The van der Waals surface area contributed by atoms with Gasteiger partial charge in [-0.15, -0.1) is 0 Å². The monoisotopic (exact) mass is 235 g/mol. The number of hydrogen-bond acceptors (Lipinski definition) is 2. The molecule has 1 saturated heterocycles. The summed E-state index contributed by atoms with van der Waals surface area (Å²) in [4.78, 5) is 12.3. The first-order valence-electron chi connectivity index (χ1n) is 6.20. The second-order valence-corrected chi connectivity index (χ2v) is 5.20. The molecular weight excluding hydrogens is 214 g/mol. The van der Waals surface area contributed by atoms with Crippen molar-refractivity contribution in [3.05, 3.63) is 23.5 Å². The number of carbonyl (C=O) groups is 1. The Kier molecular flexibility index (Phi) is 3.24. The highest BCUT2D eigenvalue weighted by atomic mass is 16.2. The van der Waals surface area contributed by atoms with Crippen molar-refractivity contribution in [2.24, 2.45) is 5.41 Å². The van der Waals surface area contributed by atoms with Crippen molar-refractivity contribution in [3.8, 4) is 0 Å². The van der Waals surface area contributed by atoms with E-state index in [0.29, 0.717) is 0 Å². The minimum absolute atomic E-state index is 0.126. The molecule has 0 aromatic carbocycles. The van der Waals surface area contributed by atoms with Crippen molar-refractivity contribution >= 4 is 5.91 Å². The van der Waals surface area contributed by atoms with E-state index in [1.807, 2.05) is 30.7 Å². The molecule has 2 rings (SSSR count). The van der Waals surface area contributed by atoms with Crippen LogP contribution in [0.5, 0.6) is 0 Å². The van der Waals surface area contributed by atoms with Gasteiger partial charge in [-0.2, -0.15) is 0 Å². The summed E-state index contributed by atoms with van der Waals surface area (Å²) in [5, 5.41) is 3.29. The number of carbonyl (C=O) groups excluding carboxylic acids is 1. The summed E-state index contributed by atoms with van der Waals surface area (Å²) >= 11 is 0. The fourth-order valence-corrected chi connectivity index (χ4v) is 2.29. The highest BCUT2D eigenvalue weighted by Crippen LogP contribution is 2.28. The fourth-order valence-electron chi connectivity index (χ4n) is 2.29. The molecule has 1 fully saturated rings. The third-order valence-corrected chi connectivity index (χ3v) is 3.74. The van der Waals surface area contributed by atoms with E-state index in [9.17, 15) is 4.79 Å². The van der Waals surface area contributed by atoms with E-state index in [2.05, 4.69) is 17.7 Å². The molecule has 2 N–H and O–H groups in total. The number of nitrogens with zero attached hydrogens (tertiary/aromatic N) is 1. The molecule has 1 aromatic heterocycles. The quantitative estimate of drug-likeness (QED) is 0.817. The average molecular weight is 235 g/mol. The first-order valence-corrected chi connectivity index (χ1v) is 6.20. The summed E-state index contributed by atoms with van der Waals surface area (Å²) in [6.45, 7) is 7.90. The Labute approximate surface area is 102 Å². The van der Waals surface area contributed by atoms with Crippen LogP contribution in [0.2, 0.25) is 0 Å². The van der Waals surface area contributed by atoms with Crippen LogP contribution in [-0.2, 0) is 4.79 Å². The van der Waals surface area contributed by atoms with Gasteiger partial charge >= 0.3 is 0 Å². The maximum absolute atomic E-state index is 12.3. The van der Waals surface area contributed by atoms with Gasteiger partial charge in [0.25, 0.3) is 0 Å². The minimum atomic E-state index is -0.242. The van der Waals surface area contributed by atoms with Crippen molar-refractivity contribution in [3.63, 3.8) is 0 Å². The third-order valence-electron chi connectivity index (χ3n) is 3.74. The molecule has 1 aromatic rings. The first-order chi connectivity index (χ1) is 8.03. The molecule has 0 unspecified atom stereocenters. The molecular formula is C13H21N3O. The Hall–Kier alpha value is -1.29. The van der Waals surface area contributed by atoms with Crippen LogP contribution in [0.25, 0.3) is 0 Å². The molecule has 0 saturated carbocycles. The average Bonchev–Trinajstić information content (AvgIpc) is 2.62. The highest BCUT2D eigenvalue weighted by molar-refractivity contribution is 5.89. The topological polar surface area (TPSA) is 46.1 Å². The van der Waals surface area contributed by atoms with Crippen LogP contribution in [0.3, 0.4) is 0 Å². The number of rotatable bonds is 2. The number of hydrogen-bond donors (Lipinski definition) is 2. The molecule has 0 spiro atoms. The number of aryl methyl sites for hydroxylation is 2. The molecule has 17 heavy (non-hydrogen) atoms. The van der Waals surface area contributed by atoms with Crippen LogP contribution in [0.1, 0.15) is 31.2 Å². The Morgan fingerprint density at radius 1 is 1.29 bits per heavy atom. The zero-order valence-electron chi connectivity index (χ0n) is 10.8. The molecule has 1 amide bonds. The lowest BCUT2D eigenvalue weighted by molar-refractivity contribution is -0.127. The molecule has 2 heterocycles. The smallest absolute Gasteiger partial charge is 0.244 e. The predicted octanol–water partition coefficient (Wildman–Crippen LogP) is 1.56. The van der Waals surface area contributed by atoms with Gasteiger partial charge in [0, 0.05) is 11.4 Å². The van der Waals surface area contributed by atoms with Gasteiger partial charge in [0.05, 0.1) is 5.41 Å². The lowest BCUT2D eigenvalue weighted by Crippen LogP contribution is -2.45. The molecule has 1 aliphatic rings. The largest absolute Gasteiger partial charge is 0.317 e. The lowest BCUT2D eigenvalue weighted by atomic mass is 9.80. The van der Waals surface area contributed by atoms with Crippen LogP contribution in [0.15, 0.2) is 12.1 Å². The summed E-state index contributed by atoms with van der Waals surface area (Å²) in [7, 11) is 0. The number of piperidine rings is 1. The summed E-state index contributed by atoms with van der Waals surface area (Å²) in [6.07, 6.45) is 1.80. The normalized spacial score (nSPS) is 19.0. The summed E-state index contributed by atoms with van der Waals surface area (Å²) in [5.41, 5.74) is 4.90. The maximum atomic E-state index is 12.3. The predicted molar refractivity (Wildman–Crippen MR) is 68.5 cm³/mol. The molecule has 94 valence electrons. The lowest BCUT2D eigenvalue weighted by Gasteiger charge is -2.33. The van der Waals surface area contributed by atoms with Crippen LogP contribution in [0, 0.1) is 19.3 Å².